The van der Waals surface area contributed by atoms with Crippen LogP contribution in [0.1, 0.15) is 55.3 Å². The number of carbonyl (C=O) groups is 2. The number of nitrogens with zero attached hydrogens (tertiary/aromatic N) is 1. The predicted octanol–water partition coefficient (Wildman–Crippen LogP) is 3.14. The van der Waals surface area contributed by atoms with E-state index in [4.69, 9.17) is 11.6 Å². The third kappa shape index (κ3) is 5.20. The highest BCUT2D eigenvalue weighted by atomic mass is 35.5. The maximum absolute atomic E-state index is 13.9. The largest absolute Gasteiger partial charge is 0.393 e. The molecule has 1 aliphatic carbocycles. The zero-order valence-corrected chi connectivity index (χ0v) is 16.1. The lowest BCUT2D eigenvalue weighted by molar-refractivity contribution is -0.136. The topological polar surface area (TPSA) is 69.6 Å². The van der Waals surface area contributed by atoms with Gasteiger partial charge >= 0.3 is 0 Å². The fraction of sp³-hybridized carbons (Fsp3) is 0.600. The number of nitrogens with one attached hydrogen (secondary N) is 1. The predicted molar refractivity (Wildman–Crippen MR) is 101 cm³/mol. The first-order chi connectivity index (χ1) is 12.9. The first kappa shape index (κ1) is 20.1. The lowest BCUT2D eigenvalue weighted by Gasteiger charge is -2.32. The molecule has 1 aromatic rings. The van der Waals surface area contributed by atoms with Crippen LogP contribution in [0.25, 0.3) is 0 Å². The van der Waals surface area contributed by atoms with Crippen molar-refractivity contribution in [3.05, 3.63) is 34.6 Å². The molecule has 1 saturated heterocycles. The maximum Gasteiger partial charge on any atom is 0.254 e. The molecule has 7 heteroatoms. The number of halogens is 2. The van der Waals surface area contributed by atoms with E-state index < -0.39 is 11.7 Å². The molecule has 1 atom stereocenters. The van der Waals surface area contributed by atoms with Crippen molar-refractivity contribution in [1.29, 1.82) is 0 Å². The Bertz CT molecular complexity index is 692. The second kappa shape index (κ2) is 9.02. The average molecular weight is 397 g/mol. The molecule has 1 heterocycles. The number of hydrogen-bond acceptors (Lipinski definition) is 3. The Labute approximate surface area is 163 Å². The fourth-order valence-electron chi connectivity index (χ4n) is 3.98. The molecule has 3 rings (SSSR count). The van der Waals surface area contributed by atoms with Gasteiger partial charge in [-0.2, -0.15) is 0 Å². The van der Waals surface area contributed by atoms with Gasteiger partial charge in [-0.1, -0.05) is 11.6 Å². The highest BCUT2D eigenvalue weighted by Gasteiger charge is 2.31. The molecule has 1 unspecified atom stereocenters. The van der Waals surface area contributed by atoms with E-state index in [1.165, 1.54) is 12.1 Å². The molecular formula is C20H26ClFN2O3. The van der Waals surface area contributed by atoms with Crippen molar-refractivity contribution in [2.24, 2.45) is 5.92 Å². The zero-order chi connectivity index (χ0) is 19.4. The van der Waals surface area contributed by atoms with Gasteiger partial charge in [0, 0.05) is 30.1 Å². The summed E-state index contributed by atoms with van der Waals surface area (Å²) >= 11 is 5.72. The molecule has 2 fully saturated rings. The van der Waals surface area contributed by atoms with Crippen LogP contribution in [0.3, 0.4) is 0 Å². The second-order valence-electron chi connectivity index (χ2n) is 7.56. The Morgan fingerprint density at radius 3 is 2.56 bits per heavy atom. The van der Waals surface area contributed by atoms with Gasteiger partial charge in [0.05, 0.1) is 11.7 Å². The second-order valence-corrected chi connectivity index (χ2v) is 7.99. The molecule has 5 nitrogen and oxygen atoms in total. The van der Waals surface area contributed by atoms with Gasteiger partial charge in [0.2, 0.25) is 5.91 Å². The van der Waals surface area contributed by atoms with E-state index >= 15 is 0 Å². The van der Waals surface area contributed by atoms with Gasteiger partial charge < -0.3 is 15.3 Å². The van der Waals surface area contributed by atoms with E-state index in [2.05, 4.69) is 5.32 Å². The highest BCUT2D eigenvalue weighted by Crippen LogP contribution is 2.27. The molecule has 1 saturated carbocycles. The smallest absolute Gasteiger partial charge is 0.254 e. The monoisotopic (exact) mass is 396 g/mol. The summed E-state index contributed by atoms with van der Waals surface area (Å²) in [5, 5.41) is 12.9. The van der Waals surface area contributed by atoms with Crippen molar-refractivity contribution < 1.29 is 19.1 Å². The van der Waals surface area contributed by atoms with Gasteiger partial charge in [-0.3, -0.25) is 9.59 Å². The average Bonchev–Trinajstić information content (AvgIpc) is 2.86. The van der Waals surface area contributed by atoms with Gasteiger partial charge in [0.1, 0.15) is 5.82 Å². The molecule has 2 N–H and O–H groups in total. The third-order valence-electron chi connectivity index (χ3n) is 5.60. The first-order valence-corrected chi connectivity index (χ1v) is 10.0. The van der Waals surface area contributed by atoms with Crippen molar-refractivity contribution in [3.63, 3.8) is 0 Å². The van der Waals surface area contributed by atoms with Gasteiger partial charge in [-0.05, 0) is 63.1 Å². The highest BCUT2D eigenvalue weighted by molar-refractivity contribution is 6.30. The standard InChI is InChI=1S/C20H26ClFN2O3/c21-14-5-8-17(18(22)12-14)19(26)23-15-6-3-13(4-7-15)20(27)24-10-1-2-16(25)9-11-24/h5,8,12-13,15-16,25H,1-4,6-7,9-11H2,(H,23,26). The summed E-state index contributed by atoms with van der Waals surface area (Å²) in [4.78, 5) is 26.9. The number of amides is 2. The number of carbonyl (C=O) groups excluding carboxylic acids is 2. The summed E-state index contributed by atoms with van der Waals surface area (Å²) in [5.41, 5.74) is -0.0132. The molecule has 1 aromatic carbocycles. The molecule has 0 bridgehead atoms. The number of likely N-dealkylation sites (tertiary alicyclic amines) is 1. The normalized spacial score (nSPS) is 26.3. The molecule has 0 radical (unpaired) electrons. The number of aliphatic hydroxyl groups excluding tert-OH is 1. The van der Waals surface area contributed by atoms with E-state index in [1.54, 1.807) is 0 Å². The van der Waals surface area contributed by atoms with E-state index in [0.29, 0.717) is 45.2 Å². The Kier molecular flexibility index (Phi) is 6.71. The molecule has 27 heavy (non-hydrogen) atoms. The summed E-state index contributed by atoms with van der Waals surface area (Å²) in [7, 11) is 0. The first-order valence-electron chi connectivity index (χ1n) is 9.67. The van der Waals surface area contributed by atoms with Crippen LogP contribution < -0.4 is 5.32 Å². The number of benzene rings is 1. The van der Waals surface area contributed by atoms with Crippen molar-refractivity contribution >= 4 is 23.4 Å². The minimum Gasteiger partial charge on any atom is -0.393 e. The van der Waals surface area contributed by atoms with Crippen LogP contribution in [0.5, 0.6) is 0 Å². The minimum atomic E-state index is -0.632. The number of rotatable bonds is 3. The van der Waals surface area contributed by atoms with Crippen LogP contribution >= 0.6 is 11.6 Å². The van der Waals surface area contributed by atoms with Gasteiger partial charge in [-0.25, -0.2) is 4.39 Å². The Morgan fingerprint density at radius 1 is 1.11 bits per heavy atom. The van der Waals surface area contributed by atoms with Crippen LogP contribution in [-0.4, -0.2) is 47.1 Å². The van der Waals surface area contributed by atoms with Gasteiger partial charge in [0.25, 0.3) is 5.91 Å². The minimum absolute atomic E-state index is 0.0132. The quantitative estimate of drug-likeness (QED) is 0.824. The summed E-state index contributed by atoms with van der Waals surface area (Å²) in [6.45, 7) is 1.33. The van der Waals surface area contributed by atoms with E-state index in [0.717, 1.165) is 18.9 Å². The summed E-state index contributed by atoms with van der Waals surface area (Å²) < 4.78 is 13.9. The lowest BCUT2D eigenvalue weighted by atomic mass is 9.85. The molecule has 2 amide bonds. The number of aliphatic hydroxyl groups is 1. The number of hydrogen-bond donors (Lipinski definition) is 2. The molecule has 148 valence electrons. The SMILES string of the molecule is O=C(NC1CCC(C(=O)N2CCCC(O)CC2)CC1)c1ccc(Cl)cc1F. The Balaban J connectivity index is 1.49. The summed E-state index contributed by atoms with van der Waals surface area (Å²) in [6.07, 6.45) is 4.76. The maximum atomic E-state index is 13.9. The van der Waals surface area contributed by atoms with Crippen molar-refractivity contribution in [3.8, 4) is 0 Å². The third-order valence-corrected chi connectivity index (χ3v) is 5.83. The van der Waals surface area contributed by atoms with Crippen molar-refractivity contribution in [1.82, 2.24) is 10.2 Å². The van der Waals surface area contributed by atoms with Crippen LogP contribution in [0.15, 0.2) is 18.2 Å². The van der Waals surface area contributed by atoms with Crippen molar-refractivity contribution in [2.45, 2.75) is 57.1 Å². The van der Waals surface area contributed by atoms with Crippen LogP contribution in [0, 0.1) is 11.7 Å². The van der Waals surface area contributed by atoms with E-state index in [-0.39, 0.29) is 34.6 Å². The zero-order valence-electron chi connectivity index (χ0n) is 15.3. The van der Waals surface area contributed by atoms with Crippen molar-refractivity contribution in [2.75, 3.05) is 13.1 Å². The summed E-state index contributed by atoms with van der Waals surface area (Å²) in [6, 6.07) is 3.95. The van der Waals surface area contributed by atoms with Crippen LogP contribution in [-0.2, 0) is 4.79 Å². The molecule has 2 aliphatic rings. The molecular weight excluding hydrogens is 371 g/mol. The Hall–Kier alpha value is -1.66. The fourth-order valence-corrected chi connectivity index (χ4v) is 4.14. The van der Waals surface area contributed by atoms with Gasteiger partial charge in [0.15, 0.2) is 0 Å². The van der Waals surface area contributed by atoms with Crippen LogP contribution in [0.2, 0.25) is 5.02 Å². The Morgan fingerprint density at radius 2 is 1.85 bits per heavy atom. The molecule has 0 aromatic heterocycles. The summed E-state index contributed by atoms with van der Waals surface area (Å²) in [5.74, 6) is -0.939. The lowest BCUT2D eigenvalue weighted by Crippen LogP contribution is -2.42. The van der Waals surface area contributed by atoms with E-state index in [9.17, 15) is 19.1 Å². The van der Waals surface area contributed by atoms with Gasteiger partial charge in [-0.15, -0.1) is 0 Å². The molecule has 0 spiro atoms. The molecule has 1 aliphatic heterocycles. The van der Waals surface area contributed by atoms with Crippen LogP contribution in [0.4, 0.5) is 4.39 Å². The van der Waals surface area contributed by atoms with E-state index in [1.807, 2.05) is 4.90 Å².